The lowest BCUT2D eigenvalue weighted by molar-refractivity contribution is -0.137. The van der Waals surface area contributed by atoms with Crippen molar-refractivity contribution in [1.82, 2.24) is 10.6 Å². The molecule has 116 valence electrons. The Morgan fingerprint density at radius 2 is 1.35 bits per heavy atom. The molecule has 2 heterocycles. The summed E-state index contributed by atoms with van der Waals surface area (Å²) < 4.78 is 22.0. The second-order valence-electron chi connectivity index (χ2n) is 5.99. The van der Waals surface area contributed by atoms with E-state index in [9.17, 15) is 4.79 Å². The van der Waals surface area contributed by atoms with Gasteiger partial charge in [-0.15, -0.1) is 0 Å². The van der Waals surface area contributed by atoms with E-state index in [-0.39, 0.29) is 18.2 Å². The molecule has 2 fully saturated rings. The highest BCUT2D eigenvalue weighted by molar-refractivity contribution is 5.73. The average Bonchev–Trinajstić information content (AvgIpc) is 2.86. The van der Waals surface area contributed by atoms with Crippen molar-refractivity contribution < 1.29 is 23.7 Å². The third-order valence-corrected chi connectivity index (χ3v) is 3.12. The van der Waals surface area contributed by atoms with E-state index in [2.05, 4.69) is 10.6 Å². The Morgan fingerprint density at radius 1 is 0.950 bits per heavy atom. The fraction of sp³-hybridized carbons (Fsp3) is 0.923. The van der Waals surface area contributed by atoms with Gasteiger partial charge in [0.2, 0.25) is 0 Å². The van der Waals surface area contributed by atoms with Crippen molar-refractivity contribution >= 4 is 6.03 Å². The number of hydrogen-bond donors (Lipinski definition) is 2. The minimum atomic E-state index is -0.566. The number of ether oxygens (including phenoxy) is 4. The Morgan fingerprint density at radius 3 is 1.65 bits per heavy atom. The van der Waals surface area contributed by atoms with Crippen molar-refractivity contribution in [1.29, 1.82) is 0 Å². The number of hydrogen-bond acceptors (Lipinski definition) is 5. The lowest BCUT2D eigenvalue weighted by Gasteiger charge is -2.18. The first-order valence-electron chi connectivity index (χ1n) is 6.91. The third kappa shape index (κ3) is 4.59. The van der Waals surface area contributed by atoms with Crippen molar-refractivity contribution in [3.8, 4) is 0 Å². The van der Waals surface area contributed by atoms with Crippen LogP contribution in [-0.2, 0) is 18.9 Å². The zero-order chi connectivity index (χ0) is 14.8. The Bertz CT molecular complexity index is 327. The van der Waals surface area contributed by atoms with Crippen molar-refractivity contribution in [2.24, 2.45) is 0 Å². The fourth-order valence-corrected chi connectivity index (χ4v) is 2.20. The summed E-state index contributed by atoms with van der Waals surface area (Å²) in [5.41, 5.74) is 0. The highest BCUT2D eigenvalue weighted by Crippen LogP contribution is 2.22. The van der Waals surface area contributed by atoms with Gasteiger partial charge in [-0.25, -0.2) is 4.79 Å². The van der Waals surface area contributed by atoms with E-state index >= 15 is 0 Å². The molecule has 0 saturated carbocycles. The van der Waals surface area contributed by atoms with Crippen LogP contribution in [0.4, 0.5) is 4.79 Å². The van der Waals surface area contributed by atoms with Gasteiger partial charge in [0.15, 0.2) is 11.6 Å². The summed E-state index contributed by atoms with van der Waals surface area (Å²) in [4.78, 5) is 11.7. The average molecular weight is 288 g/mol. The molecule has 20 heavy (non-hydrogen) atoms. The topological polar surface area (TPSA) is 78.1 Å². The third-order valence-electron chi connectivity index (χ3n) is 3.12. The molecule has 0 aromatic carbocycles. The second kappa shape index (κ2) is 5.85. The molecule has 0 aromatic heterocycles. The first-order valence-corrected chi connectivity index (χ1v) is 6.91. The van der Waals surface area contributed by atoms with Crippen molar-refractivity contribution in [2.75, 3.05) is 26.3 Å². The summed E-state index contributed by atoms with van der Waals surface area (Å²) in [7, 11) is 0. The van der Waals surface area contributed by atoms with E-state index in [1.165, 1.54) is 0 Å². The zero-order valence-electron chi connectivity index (χ0n) is 12.5. The molecule has 2 rings (SSSR count). The van der Waals surface area contributed by atoms with Gasteiger partial charge >= 0.3 is 6.03 Å². The minimum absolute atomic E-state index is 0.110. The van der Waals surface area contributed by atoms with Crippen molar-refractivity contribution in [3.05, 3.63) is 0 Å². The molecule has 7 nitrogen and oxygen atoms in total. The van der Waals surface area contributed by atoms with E-state index in [0.717, 1.165) is 0 Å². The molecule has 2 saturated heterocycles. The van der Waals surface area contributed by atoms with Crippen LogP contribution in [0.15, 0.2) is 0 Å². The van der Waals surface area contributed by atoms with Crippen molar-refractivity contribution in [3.63, 3.8) is 0 Å². The molecule has 2 N–H and O–H groups in total. The number of nitrogens with one attached hydrogen (secondary N) is 2. The summed E-state index contributed by atoms with van der Waals surface area (Å²) >= 11 is 0. The van der Waals surface area contributed by atoms with Crippen LogP contribution in [0.5, 0.6) is 0 Å². The van der Waals surface area contributed by atoms with Gasteiger partial charge in [0.05, 0.1) is 13.2 Å². The molecule has 2 aliphatic rings. The summed E-state index contributed by atoms with van der Waals surface area (Å²) in [6, 6.07) is -0.244. The van der Waals surface area contributed by atoms with E-state index in [1.54, 1.807) is 0 Å². The molecule has 0 aromatic rings. The number of rotatable bonds is 4. The van der Waals surface area contributed by atoms with Gasteiger partial charge in [-0.05, 0) is 27.7 Å². The van der Waals surface area contributed by atoms with E-state index in [1.807, 2.05) is 27.7 Å². The van der Waals surface area contributed by atoms with Crippen molar-refractivity contribution in [2.45, 2.75) is 51.5 Å². The molecule has 2 amide bonds. The molecule has 0 bridgehead atoms. The monoisotopic (exact) mass is 288 g/mol. The predicted octanol–water partition coefficient (Wildman–Crippen LogP) is 0.589. The first kappa shape index (κ1) is 15.5. The van der Waals surface area contributed by atoms with Gasteiger partial charge < -0.3 is 29.6 Å². The van der Waals surface area contributed by atoms with Crippen LogP contribution in [0.1, 0.15) is 27.7 Å². The number of carbonyl (C=O) groups excluding carboxylic acids is 1. The standard InChI is InChI=1S/C13H24N2O5/c1-12(2)17-7-9(19-12)5-14-11(16)15-6-10-8-18-13(3,4)20-10/h9-10H,5-8H2,1-4H3,(H2,14,15,16)/t9-,10+. The normalized spacial score (nSPS) is 31.2. The van der Waals surface area contributed by atoms with Gasteiger partial charge in [0.1, 0.15) is 12.2 Å². The van der Waals surface area contributed by atoms with Crippen LogP contribution in [0.25, 0.3) is 0 Å². The summed E-state index contributed by atoms with van der Waals surface area (Å²) in [5.74, 6) is -1.13. The van der Waals surface area contributed by atoms with E-state index in [4.69, 9.17) is 18.9 Å². The van der Waals surface area contributed by atoms with Gasteiger partial charge in [-0.2, -0.15) is 0 Å². The molecular formula is C13H24N2O5. The molecule has 0 radical (unpaired) electrons. The molecule has 0 aliphatic carbocycles. The lowest BCUT2D eigenvalue weighted by atomic mass is 10.3. The quantitative estimate of drug-likeness (QED) is 0.791. The van der Waals surface area contributed by atoms with Crippen LogP contribution in [0.2, 0.25) is 0 Å². The Balaban J connectivity index is 1.59. The minimum Gasteiger partial charge on any atom is -0.348 e. The Labute approximate surface area is 119 Å². The maximum absolute atomic E-state index is 11.7. The Hall–Kier alpha value is -0.890. The molecule has 2 atom stereocenters. The first-order chi connectivity index (χ1) is 9.26. The van der Waals surface area contributed by atoms with Crippen LogP contribution in [0, 0.1) is 0 Å². The van der Waals surface area contributed by atoms with Gasteiger partial charge in [-0.3, -0.25) is 0 Å². The lowest BCUT2D eigenvalue weighted by Crippen LogP contribution is -2.43. The van der Waals surface area contributed by atoms with Crippen LogP contribution < -0.4 is 10.6 Å². The van der Waals surface area contributed by atoms with Gasteiger partial charge in [0, 0.05) is 13.1 Å². The maximum atomic E-state index is 11.7. The molecule has 0 unspecified atom stereocenters. The molecule has 7 heteroatoms. The van der Waals surface area contributed by atoms with E-state index in [0.29, 0.717) is 26.3 Å². The van der Waals surface area contributed by atoms with Crippen LogP contribution in [0.3, 0.4) is 0 Å². The van der Waals surface area contributed by atoms with Crippen LogP contribution >= 0.6 is 0 Å². The second-order valence-corrected chi connectivity index (χ2v) is 5.99. The molecule has 2 aliphatic heterocycles. The number of carbonyl (C=O) groups is 1. The Kier molecular flexibility index (Phi) is 4.53. The van der Waals surface area contributed by atoms with E-state index < -0.39 is 11.6 Å². The fourth-order valence-electron chi connectivity index (χ4n) is 2.20. The summed E-state index contributed by atoms with van der Waals surface area (Å²) in [6.45, 7) is 9.23. The highest BCUT2D eigenvalue weighted by atomic mass is 16.7. The largest absolute Gasteiger partial charge is 0.348 e. The van der Waals surface area contributed by atoms with Crippen LogP contribution in [-0.4, -0.2) is 56.1 Å². The molecular weight excluding hydrogens is 264 g/mol. The number of amides is 2. The summed E-state index contributed by atoms with van der Waals surface area (Å²) in [5, 5.41) is 5.51. The van der Waals surface area contributed by atoms with Gasteiger partial charge in [-0.1, -0.05) is 0 Å². The molecule has 0 spiro atoms. The number of urea groups is 1. The summed E-state index contributed by atoms with van der Waals surface area (Å²) in [6.07, 6.45) is -0.221. The smallest absolute Gasteiger partial charge is 0.314 e. The highest BCUT2D eigenvalue weighted by Gasteiger charge is 2.34. The zero-order valence-corrected chi connectivity index (χ0v) is 12.5. The maximum Gasteiger partial charge on any atom is 0.314 e. The predicted molar refractivity (Wildman–Crippen MR) is 71.2 cm³/mol. The SMILES string of the molecule is CC1(C)OC[C@@H](CNC(=O)NC[C@H]2COC(C)(C)O2)O1. The van der Waals surface area contributed by atoms with Gasteiger partial charge in [0.25, 0.3) is 0 Å².